The summed E-state index contributed by atoms with van der Waals surface area (Å²) in [7, 11) is -3.24. The van der Waals surface area contributed by atoms with Gasteiger partial charge in [-0.15, -0.1) is 0 Å². The smallest absolute Gasteiger partial charge is 0.216 e. The summed E-state index contributed by atoms with van der Waals surface area (Å²) in [5.41, 5.74) is 2.42. The first-order valence-corrected chi connectivity index (χ1v) is 9.98. The average Bonchev–Trinajstić information content (AvgIpc) is 2.47. The number of rotatable bonds is 5. The van der Waals surface area contributed by atoms with E-state index < -0.39 is 14.8 Å². The molecule has 1 saturated carbocycles. The van der Waals surface area contributed by atoms with Gasteiger partial charge in [0.25, 0.3) is 0 Å². The lowest BCUT2D eigenvalue weighted by molar-refractivity contribution is 0.322. The second-order valence-corrected chi connectivity index (χ2v) is 10.2. The van der Waals surface area contributed by atoms with Gasteiger partial charge in [0.05, 0.1) is 4.75 Å². The molecule has 1 aliphatic rings. The molecular formula is C18H30N2O2S. The van der Waals surface area contributed by atoms with Gasteiger partial charge < -0.3 is 5.32 Å². The molecule has 1 fully saturated rings. The molecule has 2 N–H and O–H groups in total. The van der Waals surface area contributed by atoms with E-state index in [1.807, 2.05) is 0 Å². The maximum Gasteiger partial charge on any atom is 0.216 e. The maximum absolute atomic E-state index is 12.2. The molecule has 0 heterocycles. The molecule has 0 spiro atoms. The highest BCUT2D eigenvalue weighted by Crippen LogP contribution is 2.26. The van der Waals surface area contributed by atoms with E-state index in [4.69, 9.17) is 0 Å². The summed E-state index contributed by atoms with van der Waals surface area (Å²) in [6.45, 7) is 8.27. The van der Waals surface area contributed by atoms with Gasteiger partial charge in [-0.2, -0.15) is 0 Å². The highest BCUT2D eigenvalue weighted by atomic mass is 32.2. The third-order valence-corrected chi connectivity index (χ3v) is 6.88. The van der Waals surface area contributed by atoms with Crippen molar-refractivity contribution in [3.63, 3.8) is 0 Å². The van der Waals surface area contributed by atoms with Crippen LogP contribution in [0.3, 0.4) is 0 Å². The van der Waals surface area contributed by atoms with E-state index in [0.717, 1.165) is 37.9 Å². The SMILES string of the molecule is Cc1ccc(NCC2CCC(NS(=O)(=O)C(C)(C)C)CC2)cc1. The van der Waals surface area contributed by atoms with E-state index >= 15 is 0 Å². The molecule has 0 bridgehead atoms. The zero-order valence-corrected chi connectivity index (χ0v) is 15.5. The first-order valence-electron chi connectivity index (χ1n) is 8.50. The molecule has 0 aliphatic heterocycles. The Morgan fingerprint density at radius 2 is 1.61 bits per heavy atom. The minimum absolute atomic E-state index is 0.0925. The molecule has 0 radical (unpaired) electrons. The molecule has 23 heavy (non-hydrogen) atoms. The average molecular weight is 339 g/mol. The Kier molecular flexibility index (Phi) is 5.74. The Hall–Kier alpha value is -1.07. The lowest BCUT2D eigenvalue weighted by Crippen LogP contribution is -2.46. The number of hydrogen-bond donors (Lipinski definition) is 2. The molecule has 0 unspecified atom stereocenters. The van der Waals surface area contributed by atoms with E-state index in [1.165, 1.54) is 5.56 Å². The van der Waals surface area contributed by atoms with Crippen molar-refractivity contribution >= 4 is 15.7 Å². The number of benzene rings is 1. The van der Waals surface area contributed by atoms with Gasteiger partial charge in [0.1, 0.15) is 0 Å². The van der Waals surface area contributed by atoms with Gasteiger partial charge in [0, 0.05) is 18.3 Å². The summed E-state index contributed by atoms with van der Waals surface area (Å²) in [4.78, 5) is 0. The minimum atomic E-state index is -3.24. The Morgan fingerprint density at radius 1 is 1.04 bits per heavy atom. The standard InChI is InChI=1S/C18H30N2O2S/c1-14-5-9-16(10-6-14)19-13-15-7-11-17(12-8-15)20-23(21,22)18(2,3)4/h5-6,9-10,15,17,19-20H,7-8,11-13H2,1-4H3. The highest BCUT2D eigenvalue weighted by Gasteiger charge is 2.32. The van der Waals surface area contributed by atoms with Gasteiger partial charge >= 0.3 is 0 Å². The van der Waals surface area contributed by atoms with E-state index in [2.05, 4.69) is 41.2 Å². The molecule has 2 rings (SSSR count). The molecule has 0 amide bonds. The molecular weight excluding hydrogens is 308 g/mol. The Bertz CT molecular complexity index is 595. The zero-order chi connectivity index (χ0) is 17.1. The van der Waals surface area contributed by atoms with Crippen molar-refractivity contribution in [2.24, 2.45) is 5.92 Å². The number of sulfonamides is 1. The normalized spacial score (nSPS) is 22.8. The maximum atomic E-state index is 12.2. The third-order valence-electron chi connectivity index (χ3n) is 4.62. The van der Waals surface area contributed by atoms with Gasteiger partial charge in [-0.05, 0) is 71.4 Å². The lowest BCUT2D eigenvalue weighted by atomic mass is 9.86. The summed E-state index contributed by atoms with van der Waals surface area (Å²) in [5.74, 6) is 0.617. The van der Waals surface area contributed by atoms with Crippen molar-refractivity contribution in [2.45, 2.75) is 64.2 Å². The second kappa shape index (κ2) is 7.22. The Morgan fingerprint density at radius 3 is 2.13 bits per heavy atom. The van der Waals surface area contributed by atoms with Crippen LogP contribution < -0.4 is 10.0 Å². The zero-order valence-electron chi connectivity index (χ0n) is 14.7. The lowest BCUT2D eigenvalue weighted by Gasteiger charge is -2.31. The quantitative estimate of drug-likeness (QED) is 0.861. The van der Waals surface area contributed by atoms with Crippen molar-refractivity contribution in [2.75, 3.05) is 11.9 Å². The van der Waals surface area contributed by atoms with Crippen molar-refractivity contribution < 1.29 is 8.42 Å². The highest BCUT2D eigenvalue weighted by molar-refractivity contribution is 7.90. The fourth-order valence-electron chi connectivity index (χ4n) is 2.81. The molecule has 0 saturated heterocycles. The van der Waals surface area contributed by atoms with Crippen LogP contribution in [-0.2, 0) is 10.0 Å². The second-order valence-electron chi connectivity index (χ2n) is 7.70. The van der Waals surface area contributed by atoms with Gasteiger partial charge in [-0.25, -0.2) is 13.1 Å². The van der Waals surface area contributed by atoms with Crippen LogP contribution in [-0.4, -0.2) is 25.8 Å². The topological polar surface area (TPSA) is 58.2 Å². The van der Waals surface area contributed by atoms with Gasteiger partial charge in [0.2, 0.25) is 10.0 Å². The van der Waals surface area contributed by atoms with Crippen LogP contribution in [0.25, 0.3) is 0 Å². The Balaban J connectivity index is 1.77. The molecule has 4 nitrogen and oxygen atoms in total. The molecule has 0 aromatic heterocycles. The molecule has 1 aromatic rings. The van der Waals surface area contributed by atoms with Crippen molar-refractivity contribution in [1.29, 1.82) is 0 Å². The largest absolute Gasteiger partial charge is 0.385 e. The molecule has 1 aliphatic carbocycles. The van der Waals surface area contributed by atoms with Crippen LogP contribution in [0.4, 0.5) is 5.69 Å². The molecule has 5 heteroatoms. The van der Waals surface area contributed by atoms with Crippen LogP contribution >= 0.6 is 0 Å². The predicted molar refractivity (Wildman–Crippen MR) is 97.2 cm³/mol. The fourth-order valence-corrected chi connectivity index (χ4v) is 3.84. The fraction of sp³-hybridized carbons (Fsp3) is 0.667. The van der Waals surface area contributed by atoms with Crippen molar-refractivity contribution in [3.8, 4) is 0 Å². The minimum Gasteiger partial charge on any atom is -0.385 e. The number of aryl methyl sites for hydroxylation is 1. The summed E-state index contributed by atoms with van der Waals surface area (Å²) in [6.07, 6.45) is 3.98. The number of nitrogens with one attached hydrogen (secondary N) is 2. The Labute approximate surface area is 141 Å². The van der Waals surface area contributed by atoms with Crippen LogP contribution in [0.1, 0.15) is 52.0 Å². The monoisotopic (exact) mass is 338 g/mol. The van der Waals surface area contributed by atoms with E-state index in [9.17, 15) is 8.42 Å². The molecule has 0 atom stereocenters. The van der Waals surface area contributed by atoms with Crippen molar-refractivity contribution in [1.82, 2.24) is 4.72 Å². The first-order chi connectivity index (χ1) is 10.7. The number of anilines is 1. The van der Waals surface area contributed by atoms with E-state index in [-0.39, 0.29) is 6.04 Å². The predicted octanol–water partition coefficient (Wildman–Crippen LogP) is 3.68. The first kappa shape index (κ1) is 18.3. The molecule has 1 aromatic carbocycles. The van der Waals surface area contributed by atoms with E-state index in [1.54, 1.807) is 20.8 Å². The summed E-state index contributed by atoms with van der Waals surface area (Å²) in [5, 5.41) is 3.49. The van der Waals surface area contributed by atoms with Gasteiger partial charge in [-0.3, -0.25) is 0 Å². The molecule has 130 valence electrons. The number of hydrogen-bond acceptors (Lipinski definition) is 3. The van der Waals surface area contributed by atoms with Crippen molar-refractivity contribution in [3.05, 3.63) is 29.8 Å². The summed E-state index contributed by atoms with van der Waals surface area (Å²) < 4.78 is 26.6. The van der Waals surface area contributed by atoms with E-state index in [0.29, 0.717) is 5.92 Å². The third kappa shape index (κ3) is 5.21. The van der Waals surface area contributed by atoms with Gasteiger partial charge in [0.15, 0.2) is 0 Å². The van der Waals surface area contributed by atoms with Crippen LogP contribution in [0.2, 0.25) is 0 Å². The summed E-state index contributed by atoms with van der Waals surface area (Å²) in [6, 6.07) is 8.53. The van der Waals surface area contributed by atoms with Crippen LogP contribution in [0.15, 0.2) is 24.3 Å². The van der Waals surface area contributed by atoms with Gasteiger partial charge in [-0.1, -0.05) is 17.7 Å². The summed E-state index contributed by atoms with van der Waals surface area (Å²) >= 11 is 0. The van der Waals surface area contributed by atoms with Crippen LogP contribution in [0, 0.1) is 12.8 Å². The van der Waals surface area contributed by atoms with Crippen LogP contribution in [0.5, 0.6) is 0 Å².